The zero-order valence-corrected chi connectivity index (χ0v) is 18.1. The van der Waals surface area contributed by atoms with Gasteiger partial charge in [-0.2, -0.15) is 0 Å². The minimum absolute atomic E-state index is 0. The molecule has 0 bridgehead atoms. The fraction of sp³-hybridized carbons (Fsp3) is 0.259. The number of hydrogen-bond donors (Lipinski definition) is 1. The molecule has 2 heterocycles. The predicted octanol–water partition coefficient (Wildman–Crippen LogP) is 6.99. The summed E-state index contributed by atoms with van der Waals surface area (Å²) < 4.78 is 13.5. The van der Waals surface area contributed by atoms with Crippen molar-refractivity contribution in [3.05, 3.63) is 84.3 Å². The molecule has 1 saturated heterocycles. The molecule has 3 aromatic rings. The number of hydrogen-bond acceptors (Lipinski definition) is 2. The van der Waals surface area contributed by atoms with Gasteiger partial charge in [0.2, 0.25) is 0 Å². The van der Waals surface area contributed by atoms with Crippen LogP contribution in [0.4, 0.5) is 10.1 Å². The summed E-state index contributed by atoms with van der Waals surface area (Å²) in [5.41, 5.74) is 8.84. The molecule has 159 valence electrons. The first-order valence-electron chi connectivity index (χ1n) is 10.9. The number of nitrogens with zero attached hydrogens (tertiary/aromatic N) is 2. The Bertz CT molecular complexity index is 1230. The lowest BCUT2D eigenvalue weighted by atomic mass is 9.90. The molecule has 1 fully saturated rings. The van der Waals surface area contributed by atoms with Crippen molar-refractivity contribution in [3.63, 3.8) is 0 Å². The molecule has 31 heavy (non-hydrogen) atoms. The van der Waals surface area contributed by atoms with Crippen LogP contribution in [0.2, 0.25) is 0 Å². The van der Waals surface area contributed by atoms with E-state index in [9.17, 15) is 4.39 Å². The lowest BCUT2D eigenvalue weighted by Gasteiger charge is -2.34. The smallest absolute Gasteiger partial charge is 0.125 e. The van der Waals surface area contributed by atoms with E-state index in [0.717, 1.165) is 64.9 Å². The number of allylic oxidation sites excluding steroid dienone is 3. The van der Waals surface area contributed by atoms with Gasteiger partial charge in [-0.05, 0) is 73.7 Å². The molecule has 1 N–H and O–H groups in total. The number of aliphatic imine (C=N–C) groups is 1. The molecule has 0 saturated carbocycles. The Kier molecular flexibility index (Phi) is 5.01. The van der Waals surface area contributed by atoms with Gasteiger partial charge in [0, 0.05) is 60.9 Å². The number of H-pyrrole nitrogens is 1. The van der Waals surface area contributed by atoms with Gasteiger partial charge in [0.1, 0.15) is 5.82 Å². The first-order valence-corrected chi connectivity index (χ1v) is 10.9. The van der Waals surface area contributed by atoms with Crippen LogP contribution in [-0.4, -0.2) is 28.7 Å². The van der Waals surface area contributed by atoms with Crippen LogP contribution < -0.4 is 0 Å². The number of nitrogens with one attached hydrogen (secondary N) is 1. The van der Waals surface area contributed by atoms with E-state index >= 15 is 0 Å². The Morgan fingerprint density at radius 1 is 1.19 bits per heavy atom. The van der Waals surface area contributed by atoms with E-state index in [1.54, 1.807) is 0 Å². The summed E-state index contributed by atoms with van der Waals surface area (Å²) >= 11 is 0. The Labute approximate surface area is 184 Å². The fourth-order valence-corrected chi connectivity index (χ4v) is 4.55. The maximum absolute atomic E-state index is 13.5. The van der Waals surface area contributed by atoms with Crippen molar-refractivity contribution in [2.24, 2.45) is 10.9 Å². The normalized spacial score (nSPS) is 17.2. The summed E-state index contributed by atoms with van der Waals surface area (Å²) in [6.07, 6.45) is 8.50. The molecule has 1 radical (unpaired) electrons. The minimum Gasteiger partial charge on any atom is -0.375 e. The zero-order chi connectivity index (χ0) is 21.5. The SMILES string of the molecule is C=C(C)N1CCC(C(=Nc2ccc(-c3c[nH]c4cc(F)ccc34)cc2C)C2=C[CH]2)CC1.[HH]. The molecule has 0 spiro atoms. The van der Waals surface area contributed by atoms with Crippen LogP contribution >= 0.6 is 0 Å². The number of halogens is 1. The van der Waals surface area contributed by atoms with Crippen molar-refractivity contribution in [3.8, 4) is 11.1 Å². The second kappa shape index (κ2) is 7.84. The van der Waals surface area contributed by atoms with Crippen LogP contribution in [0.3, 0.4) is 0 Å². The number of likely N-dealkylation sites (tertiary alicyclic amines) is 1. The summed E-state index contributed by atoms with van der Waals surface area (Å²) in [5.74, 6) is 0.262. The van der Waals surface area contributed by atoms with E-state index in [4.69, 9.17) is 4.99 Å². The van der Waals surface area contributed by atoms with Crippen LogP contribution in [0.5, 0.6) is 0 Å². The van der Waals surface area contributed by atoms with Crippen molar-refractivity contribution in [2.45, 2.75) is 26.7 Å². The zero-order valence-electron chi connectivity index (χ0n) is 18.1. The van der Waals surface area contributed by atoms with Gasteiger partial charge in [0.05, 0.1) is 5.69 Å². The lowest BCUT2D eigenvalue weighted by Crippen LogP contribution is -2.34. The Balaban J connectivity index is 0.00000245. The van der Waals surface area contributed by atoms with Crippen molar-refractivity contribution >= 4 is 22.3 Å². The fourth-order valence-electron chi connectivity index (χ4n) is 4.55. The highest BCUT2D eigenvalue weighted by atomic mass is 19.1. The van der Waals surface area contributed by atoms with E-state index in [2.05, 4.69) is 61.0 Å². The molecule has 0 atom stereocenters. The van der Waals surface area contributed by atoms with Crippen molar-refractivity contribution in [1.29, 1.82) is 0 Å². The number of piperidine rings is 1. The average molecular weight is 415 g/mol. The predicted molar refractivity (Wildman–Crippen MR) is 129 cm³/mol. The van der Waals surface area contributed by atoms with Crippen LogP contribution in [-0.2, 0) is 0 Å². The summed E-state index contributed by atoms with van der Waals surface area (Å²) in [7, 11) is 0. The van der Waals surface area contributed by atoms with E-state index in [1.165, 1.54) is 23.4 Å². The molecule has 5 rings (SSSR count). The van der Waals surface area contributed by atoms with Gasteiger partial charge in [-0.1, -0.05) is 18.7 Å². The number of aromatic nitrogens is 1. The molecule has 1 aliphatic carbocycles. The van der Waals surface area contributed by atoms with Gasteiger partial charge in [0.15, 0.2) is 0 Å². The van der Waals surface area contributed by atoms with E-state index < -0.39 is 0 Å². The van der Waals surface area contributed by atoms with Crippen molar-refractivity contribution in [1.82, 2.24) is 9.88 Å². The Morgan fingerprint density at radius 2 is 1.97 bits per heavy atom. The lowest BCUT2D eigenvalue weighted by molar-refractivity contribution is 0.261. The van der Waals surface area contributed by atoms with E-state index in [-0.39, 0.29) is 7.24 Å². The summed E-state index contributed by atoms with van der Waals surface area (Å²) in [4.78, 5) is 10.7. The number of fused-ring (bicyclic) bond motifs is 1. The molecule has 2 aromatic carbocycles. The maximum atomic E-state index is 13.5. The topological polar surface area (TPSA) is 31.4 Å². The highest BCUT2D eigenvalue weighted by molar-refractivity contribution is 6.09. The summed E-state index contributed by atoms with van der Waals surface area (Å²) in [6, 6.07) is 11.3. The molecule has 2 aliphatic rings. The minimum atomic E-state index is -0.227. The van der Waals surface area contributed by atoms with Gasteiger partial charge >= 0.3 is 0 Å². The molecule has 0 amide bonds. The molecule has 3 nitrogen and oxygen atoms in total. The van der Waals surface area contributed by atoms with Gasteiger partial charge in [-0.15, -0.1) is 0 Å². The molecular formula is C27H29FN3. The largest absolute Gasteiger partial charge is 0.375 e. The highest BCUT2D eigenvalue weighted by Gasteiger charge is 2.28. The highest BCUT2D eigenvalue weighted by Crippen LogP contribution is 2.35. The first kappa shape index (κ1) is 19.8. The number of aryl methyl sites for hydroxylation is 1. The average Bonchev–Trinajstić information content (AvgIpc) is 3.52. The van der Waals surface area contributed by atoms with Gasteiger partial charge in [0.25, 0.3) is 0 Å². The van der Waals surface area contributed by atoms with Crippen LogP contribution in [0.1, 0.15) is 26.8 Å². The number of rotatable bonds is 5. The third-order valence-corrected chi connectivity index (χ3v) is 6.44. The molecule has 0 unspecified atom stereocenters. The maximum Gasteiger partial charge on any atom is 0.125 e. The first-order chi connectivity index (χ1) is 15.0. The van der Waals surface area contributed by atoms with E-state index in [1.807, 2.05) is 12.3 Å². The second-order valence-electron chi connectivity index (χ2n) is 8.68. The third kappa shape index (κ3) is 3.95. The summed E-state index contributed by atoms with van der Waals surface area (Å²) in [5, 5.41) is 1.03. The van der Waals surface area contributed by atoms with Crippen molar-refractivity contribution < 1.29 is 5.82 Å². The Hall–Kier alpha value is -3.14. The molecular weight excluding hydrogens is 385 g/mol. The van der Waals surface area contributed by atoms with Gasteiger partial charge in [-0.25, -0.2) is 4.39 Å². The number of aromatic amines is 1. The summed E-state index contributed by atoms with van der Waals surface area (Å²) in [6.45, 7) is 10.4. The van der Waals surface area contributed by atoms with Gasteiger partial charge < -0.3 is 9.88 Å². The van der Waals surface area contributed by atoms with Crippen LogP contribution in [0, 0.1) is 25.1 Å². The second-order valence-corrected chi connectivity index (χ2v) is 8.68. The van der Waals surface area contributed by atoms with Gasteiger partial charge in [-0.3, -0.25) is 4.99 Å². The number of benzene rings is 2. The van der Waals surface area contributed by atoms with Crippen LogP contribution in [0.15, 0.2) is 71.5 Å². The van der Waals surface area contributed by atoms with Crippen LogP contribution in [0.25, 0.3) is 22.0 Å². The van der Waals surface area contributed by atoms with Crippen molar-refractivity contribution in [2.75, 3.05) is 13.1 Å². The standard InChI is InChI=1S/C27H27FN3.H2/c1-17(2)31-12-10-20(11-13-31)27(19-4-5-19)30-25-9-6-21(14-18(25)3)24-16-29-26-15-22(28)7-8-23(24)26;/h4-9,14-16,20,29H,1,10-13H2,2-3H3;1H. The Morgan fingerprint density at radius 3 is 2.65 bits per heavy atom. The molecule has 1 aromatic heterocycles. The van der Waals surface area contributed by atoms with E-state index in [0.29, 0.717) is 5.92 Å². The monoisotopic (exact) mass is 414 g/mol. The third-order valence-electron chi connectivity index (χ3n) is 6.44. The molecule has 4 heteroatoms. The molecule has 1 aliphatic heterocycles. The quantitative estimate of drug-likeness (QED) is 0.448.